The summed E-state index contributed by atoms with van der Waals surface area (Å²) in [7, 11) is 0. The van der Waals surface area contributed by atoms with Crippen molar-refractivity contribution in [3.8, 4) is 0 Å². The van der Waals surface area contributed by atoms with Gasteiger partial charge in [-0.15, -0.1) is 0 Å². The fourth-order valence-corrected chi connectivity index (χ4v) is 2.80. The summed E-state index contributed by atoms with van der Waals surface area (Å²) in [5, 5.41) is 4.05. The average molecular weight is 312 g/mol. The fourth-order valence-electron chi connectivity index (χ4n) is 1.92. The molecule has 1 rings (SSSR count). The third kappa shape index (κ3) is 4.81. The first kappa shape index (κ1) is 15.2. The quantitative estimate of drug-likeness (QED) is 0.799. The summed E-state index contributed by atoms with van der Waals surface area (Å²) in [6.07, 6.45) is 2.35. The molecule has 0 spiro atoms. The van der Waals surface area contributed by atoms with E-state index in [1.165, 1.54) is 5.56 Å². The van der Waals surface area contributed by atoms with Crippen LogP contribution < -0.4 is 5.32 Å². The van der Waals surface area contributed by atoms with E-state index in [2.05, 4.69) is 41.2 Å². The van der Waals surface area contributed by atoms with Gasteiger partial charge in [0.2, 0.25) is 5.91 Å². The van der Waals surface area contributed by atoms with Gasteiger partial charge in [0, 0.05) is 10.9 Å². The number of halogens is 1. The molecule has 1 atom stereocenters. The Bertz CT molecular complexity index is 405. The molecule has 0 aromatic heterocycles. The fraction of sp³-hybridized carbons (Fsp3) is 0.533. The van der Waals surface area contributed by atoms with Crippen LogP contribution in [0, 0.1) is 6.92 Å². The Kier molecular flexibility index (Phi) is 5.86. The summed E-state index contributed by atoms with van der Waals surface area (Å²) < 4.78 is 0. The van der Waals surface area contributed by atoms with Gasteiger partial charge >= 0.3 is 0 Å². The molecule has 0 saturated carbocycles. The maximum atomic E-state index is 12.0. The number of amides is 1. The van der Waals surface area contributed by atoms with Crippen molar-refractivity contribution >= 4 is 21.8 Å². The second kappa shape index (κ2) is 6.93. The van der Waals surface area contributed by atoms with Crippen molar-refractivity contribution in [1.82, 2.24) is 5.32 Å². The van der Waals surface area contributed by atoms with Crippen molar-refractivity contribution < 1.29 is 4.79 Å². The minimum atomic E-state index is -0.107. The number of hydrogen-bond donors (Lipinski definition) is 1. The Labute approximate surface area is 118 Å². The maximum Gasteiger partial charge on any atom is 0.224 e. The first-order chi connectivity index (χ1) is 8.49. The molecule has 0 heterocycles. The predicted octanol–water partition coefficient (Wildman–Crippen LogP) is 3.61. The number of alkyl halides is 1. The lowest BCUT2D eigenvalue weighted by molar-refractivity contribution is -0.122. The molecule has 1 unspecified atom stereocenters. The van der Waals surface area contributed by atoms with Crippen molar-refractivity contribution in [1.29, 1.82) is 0 Å². The molecule has 1 aromatic rings. The van der Waals surface area contributed by atoms with Crippen LogP contribution in [0.2, 0.25) is 0 Å². The van der Waals surface area contributed by atoms with Gasteiger partial charge in [-0.1, -0.05) is 52.7 Å². The van der Waals surface area contributed by atoms with Gasteiger partial charge in [0.25, 0.3) is 0 Å². The Balaban J connectivity index is 2.61. The lowest BCUT2D eigenvalue weighted by Crippen LogP contribution is -2.46. The Hall–Kier alpha value is -0.830. The molecule has 100 valence electrons. The van der Waals surface area contributed by atoms with Crippen LogP contribution in [-0.2, 0) is 11.2 Å². The van der Waals surface area contributed by atoms with Crippen LogP contribution in [0.5, 0.6) is 0 Å². The van der Waals surface area contributed by atoms with Gasteiger partial charge in [0.05, 0.1) is 6.42 Å². The zero-order valence-corrected chi connectivity index (χ0v) is 13.0. The number of hydrogen-bond acceptors (Lipinski definition) is 1. The highest BCUT2D eigenvalue weighted by molar-refractivity contribution is 9.09. The molecule has 1 aromatic carbocycles. The summed E-state index contributed by atoms with van der Waals surface area (Å²) in [5.74, 6) is 0.103. The molecule has 0 aliphatic heterocycles. The van der Waals surface area contributed by atoms with E-state index in [0.717, 1.165) is 23.7 Å². The van der Waals surface area contributed by atoms with Crippen LogP contribution in [0.25, 0.3) is 0 Å². The number of benzene rings is 1. The average Bonchev–Trinajstić information content (AvgIpc) is 2.29. The molecule has 18 heavy (non-hydrogen) atoms. The second-order valence-corrected chi connectivity index (χ2v) is 5.86. The van der Waals surface area contributed by atoms with E-state index in [1.807, 2.05) is 25.1 Å². The van der Waals surface area contributed by atoms with Crippen molar-refractivity contribution in [2.45, 2.75) is 45.6 Å². The van der Waals surface area contributed by atoms with Gasteiger partial charge in [-0.2, -0.15) is 0 Å². The summed E-state index contributed by atoms with van der Waals surface area (Å²) in [6, 6.07) is 8.10. The van der Waals surface area contributed by atoms with Crippen LogP contribution in [0.15, 0.2) is 24.3 Å². The van der Waals surface area contributed by atoms with E-state index in [9.17, 15) is 4.79 Å². The largest absolute Gasteiger partial charge is 0.351 e. The van der Waals surface area contributed by atoms with Crippen molar-refractivity contribution in [2.75, 3.05) is 5.33 Å². The van der Waals surface area contributed by atoms with Gasteiger partial charge < -0.3 is 5.32 Å². The van der Waals surface area contributed by atoms with E-state index < -0.39 is 0 Å². The maximum absolute atomic E-state index is 12.0. The molecule has 1 N–H and O–H groups in total. The van der Waals surface area contributed by atoms with Crippen LogP contribution in [0.4, 0.5) is 0 Å². The molecule has 3 heteroatoms. The molecule has 0 fully saturated rings. The van der Waals surface area contributed by atoms with Crippen LogP contribution >= 0.6 is 15.9 Å². The highest BCUT2D eigenvalue weighted by Crippen LogP contribution is 2.16. The van der Waals surface area contributed by atoms with E-state index in [4.69, 9.17) is 0 Å². The minimum Gasteiger partial charge on any atom is -0.351 e. The number of carbonyl (C=O) groups is 1. The molecule has 0 aliphatic rings. The van der Waals surface area contributed by atoms with Crippen molar-refractivity contribution in [3.05, 3.63) is 35.4 Å². The smallest absolute Gasteiger partial charge is 0.224 e. The zero-order valence-electron chi connectivity index (χ0n) is 11.4. The van der Waals surface area contributed by atoms with Crippen molar-refractivity contribution in [2.24, 2.45) is 0 Å². The summed E-state index contributed by atoms with van der Waals surface area (Å²) in [4.78, 5) is 12.0. The van der Waals surface area contributed by atoms with E-state index in [1.54, 1.807) is 0 Å². The van der Waals surface area contributed by atoms with Crippen LogP contribution in [0.1, 0.15) is 37.8 Å². The molecule has 0 radical (unpaired) electrons. The zero-order chi connectivity index (χ0) is 13.6. The SMILES string of the molecule is CCC(C)(CCBr)NC(=O)Cc1cccc(C)c1. The third-order valence-electron chi connectivity index (χ3n) is 3.31. The van der Waals surface area contributed by atoms with Crippen LogP contribution in [0.3, 0.4) is 0 Å². The molecule has 2 nitrogen and oxygen atoms in total. The Morgan fingerprint density at radius 2 is 2.17 bits per heavy atom. The highest BCUT2D eigenvalue weighted by atomic mass is 79.9. The van der Waals surface area contributed by atoms with Crippen molar-refractivity contribution in [3.63, 3.8) is 0 Å². The Morgan fingerprint density at radius 1 is 1.44 bits per heavy atom. The van der Waals surface area contributed by atoms with E-state index in [0.29, 0.717) is 6.42 Å². The number of carbonyl (C=O) groups excluding carboxylic acids is 1. The molecule has 1 amide bonds. The second-order valence-electron chi connectivity index (χ2n) is 5.07. The number of aryl methyl sites for hydroxylation is 1. The van der Waals surface area contributed by atoms with Crippen LogP contribution in [-0.4, -0.2) is 16.8 Å². The van der Waals surface area contributed by atoms with E-state index >= 15 is 0 Å². The molecule has 0 saturated heterocycles. The summed E-state index contributed by atoms with van der Waals surface area (Å²) in [5.41, 5.74) is 2.16. The van der Waals surface area contributed by atoms with Gasteiger partial charge in [-0.25, -0.2) is 0 Å². The lowest BCUT2D eigenvalue weighted by Gasteiger charge is -2.29. The third-order valence-corrected chi connectivity index (χ3v) is 3.71. The topological polar surface area (TPSA) is 29.1 Å². The first-order valence-electron chi connectivity index (χ1n) is 6.41. The first-order valence-corrected chi connectivity index (χ1v) is 7.54. The highest BCUT2D eigenvalue weighted by Gasteiger charge is 2.23. The van der Waals surface area contributed by atoms with Gasteiger partial charge in [0.15, 0.2) is 0 Å². The standard InChI is InChI=1S/C15H22BrNO/c1-4-15(3,8-9-16)17-14(18)11-13-7-5-6-12(2)10-13/h5-7,10H,4,8-9,11H2,1-3H3,(H,17,18). The van der Waals surface area contributed by atoms with Gasteiger partial charge in [-0.3, -0.25) is 4.79 Å². The molecule has 0 aliphatic carbocycles. The predicted molar refractivity (Wildman–Crippen MR) is 80.1 cm³/mol. The minimum absolute atomic E-state index is 0.103. The summed E-state index contributed by atoms with van der Waals surface area (Å²) in [6.45, 7) is 6.25. The number of rotatable bonds is 6. The molecular weight excluding hydrogens is 290 g/mol. The normalized spacial score (nSPS) is 14.0. The van der Waals surface area contributed by atoms with E-state index in [-0.39, 0.29) is 11.4 Å². The lowest BCUT2D eigenvalue weighted by atomic mass is 9.95. The summed E-state index contributed by atoms with van der Waals surface area (Å²) >= 11 is 3.44. The van der Waals surface area contributed by atoms with Gasteiger partial charge in [-0.05, 0) is 32.3 Å². The number of nitrogens with one attached hydrogen (secondary N) is 1. The monoisotopic (exact) mass is 311 g/mol. The Morgan fingerprint density at radius 3 is 2.72 bits per heavy atom. The van der Waals surface area contributed by atoms with Gasteiger partial charge in [0.1, 0.15) is 0 Å². The molecular formula is C15H22BrNO. The molecule has 0 bridgehead atoms.